The molecule has 0 atom stereocenters. The molecule has 4 N–H and O–H groups in total. The number of hydrogen-bond acceptors (Lipinski definition) is 2. The van der Waals surface area contributed by atoms with Gasteiger partial charge < -0.3 is 11.5 Å². The molecule has 0 unspecified atom stereocenters. The van der Waals surface area contributed by atoms with E-state index >= 15 is 0 Å². The molecule has 0 heterocycles. The number of hydrogen-bond donors (Lipinski definition) is 2. The van der Waals surface area contributed by atoms with E-state index in [1.54, 1.807) is 0 Å². The molecule has 0 fully saturated rings. The SMILES string of the molecule is CCCCCCCc1cc(N)ccc1Cc1ccc(CCCCCCc2ccc(Cc3ccc(N)cc3CCCCCCC)cc2)cc1. The van der Waals surface area contributed by atoms with Gasteiger partial charge in [-0.05, 0) is 133 Å². The largest absolute Gasteiger partial charge is 0.399 e. The second kappa shape index (κ2) is 21.5. The molecule has 2 heteroatoms. The van der Waals surface area contributed by atoms with Gasteiger partial charge in [-0.2, -0.15) is 0 Å². The Bertz CT molecular complexity index is 1340. The first kappa shape index (κ1) is 37.3. The molecule has 0 aliphatic rings. The van der Waals surface area contributed by atoms with Crippen LogP contribution in [0, 0.1) is 0 Å². The van der Waals surface area contributed by atoms with E-state index in [1.807, 2.05) is 0 Å². The maximum Gasteiger partial charge on any atom is 0.0316 e. The summed E-state index contributed by atoms with van der Waals surface area (Å²) in [5.41, 5.74) is 25.5. The Labute approximate surface area is 293 Å². The van der Waals surface area contributed by atoms with Crippen LogP contribution in [0.2, 0.25) is 0 Å². The monoisotopic (exact) mass is 645 g/mol. The van der Waals surface area contributed by atoms with Crippen LogP contribution in [-0.2, 0) is 38.5 Å². The van der Waals surface area contributed by atoms with Crippen molar-refractivity contribution < 1.29 is 0 Å². The molecule has 0 spiro atoms. The topological polar surface area (TPSA) is 52.0 Å². The lowest BCUT2D eigenvalue weighted by atomic mass is 9.94. The number of nitrogen functional groups attached to an aromatic ring is 2. The molecule has 2 nitrogen and oxygen atoms in total. The first-order valence-electron chi connectivity index (χ1n) is 19.4. The number of rotatable bonds is 23. The molecule has 4 aromatic rings. The minimum atomic E-state index is 0.887. The van der Waals surface area contributed by atoms with E-state index in [-0.39, 0.29) is 0 Å². The first-order valence-corrected chi connectivity index (χ1v) is 19.4. The third kappa shape index (κ3) is 13.5. The summed E-state index contributed by atoms with van der Waals surface area (Å²) in [5, 5.41) is 0. The Morgan fingerprint density at radius 1 is 0.333 bits per heavy atom. The molecule has 0 aromatic heterocycles. The number of nitrogens with two attached hydrogens (primary N) is 2. The lowest BCUT2D eigenvalue weighted by Crippen LogP contribution is -1.99. The van der Waals surface area contributed by atoms with E-state index < -0.39 is 0 Å². The number of anilines is 2. The Morgan fingerprint density at radius 3 is 1.04 bits per heavy atom. The van der Waals surface area contributed by atoms with Crippen molar-refractivity contribution in [2.24, 2.45) is 0 Å². The van der Waals surface area contributed by atoms with Crippen molar-refractivity contribution in [3.8, 4) is 0 Å². The van der Waals surface area contributed by atoms with Crippen LogP contribution in [0.1, 0.15) is 148 Å². The van der Waals surface area contributed by atoms with Crippen molar-refractivity contribution in [1.29, 1.82) is 0 Å². The molecule has 4 aromatic carbocycles. The predicted octanol–water partition coefficient (Wildman–Crippen LogP) is 12.4. The van der Waals surface area contributed by atoms with Crippen LogP contribution in [0.3, 0.4) is 0 Å². The van der Waals surface area contributed by atoms with Crippen molar-refractivity contribution in [3.63, 3.8) is 0 Å². The molecule has 0 bridgehead atoms. The molecule has 0 aliphatic carbocycles. The van der Waals surface area contributed by atoms with Gasteiger partial charge in [-0.3, -0.25) is 0 Å². The molecule has 0 amide bonds. The zero-order valence-electron chi connectivity index (χ0n) is 30.4. The molecular weight excluding hydrogens is 581 g/mol. The normalized spacial score (nSPS) is 11.3. The summed E-state index contributed by atoms with van der Waals surface area (Å²) in [5.74, 6) is 0. The third-order valence-corrected chi connectivity index (χ3v) is 10.1. The number of benzene rings is 4. The Balaban J connectivity index is 1.14. The number of unbranched alkanes of at least 4 members (excludes halogenated alkanes) is 11. The average molecular weight is 645 g/mol. The molecule has 0 aliphatic heterocycles. The van der Waals surface area contributed by atoms with E-state index in [9.17, 15) is 0 Å². The summed E-state index contributed by atoms with van der Waals surface area (Å²) in [6.45, 7) is 4.55. The van der Waals surface area contributed by atoms with Crippen LogP contribution in [0.5, 0.6) is 0 Å². The minimum Gasteiger partial charge on any atom is -0.399 e. The van der Waals surface area contributed by atoms with E-state index in [4.69, 9.17) is 11.5 Å². The summed E-state index contributed by atoms with van der Waals surface area (Å²) < 4.78 is 0. The fourth-order valence-electron chi connectivity index (χ4n) is 7.04. The lowest BCUT2D eigenvalue weighted by molar-refractivity contribution is 0.631. The highest BCUT2D eigenvalue weighted by Crippen LogP contribution is 2.23. The van der Waals surface area contributed by atoms with Crippen molar-refractivity contribution >= 4 is 11.4 Å². The van der Waals surface area contributed by atoms with Gasteiger partial charge in [0.15, 0.2) is 0 Å². The van der Waals surface area contributed by atoms with E-state index in [0.717, 1.165) is 37.1 Å². The fourth-order valence-corrected chi connectivity index (χ4v) is 7.04. The van der Waals surface area contributed by atoms with Crippen molar-refractivity contribution in [2.45, 2.75) is 142 Å². The molecule has 4 rings (SSSR count). The van der Waals surface area contributed by atoms with Gasteiger partial charge in [-0.1, -0.05) is 139 Å². The molecule has 0 radical (unpaired) electrons. The second-order valence-electron chi connectivity index (χ2n) is 14.3. The minimum absolute atomic E-state index is 0.887. The smallest absolute Gasteiger partial charge is 0.0316 e. The van der Waals surface area contributed by atoms with Gasteiger partial charge in [0.2, 0.25) is 0 Å². The molecule has 0 saturated carbocycles. The Kier molecular flexibility index (Phi) is 16.7. The van der Waals surface area contributed by atoms with Gasteiger partial charge in [0.25, 0.3) is 0 Å². The highest BCUT2D eigenvalue weighted by molar-refractivity contribution is 5.47. The van der Waals surface area contributed by atoms with Crippen LogP contribution in [-0.4, -0.2) is 0 Å². The maximum atomic E-state index is 6.15. The van der Waals surface area contributed by atoms with Crippen LogP contribution in [0.25, 0.3) is 0 Å². The van der Waals surface area contributed by atoms with E-state index in [1.165, 1.54) is 147 Å². The van der Waals surface area contributed by atoms with Gasteiger partial charge in [-0.15, -0.1) is 0 Å². The highest BCUT2D eigenvalue weighted by Gasteiger charge is 2.08. The Morgan fingerprint density at radius 2 is 0.667 bits per heavy atom. The molecule has 48 heavy (non-hydrogen) atoms. The maximum absolute atomic E-state index is 6.15. The van der Waals surface area contributed by atoms with Gasteiger partial charge >= 0.3 is 0 Å². The summed E-state index contributed by atoms with van der Waals surface area (Å²) in [7, 11) is 0. The van der Waals surface area contributed by atoms with Crippen molar-refractivity contribution in [2.75, 3.05) is 11.5 Å². The quantitative estimate of drug-likeness (QED) is 0.0623. The van der Waals surface area contributed by atoms with Crippen LogP contribution < -0.4 is 11.5 Å². The molecular formula is C46H64N2. The van der Waals surface area contributed by atoms with Gasteiger partial charge in [0.1, 0.15) is 0 Å². The van der Waals surface area contributed by atoms with Crippen LogP contribution in [0.4, 0.5) is 11.4 Å². The predicted molar refractivity (Wildman–Crippen MR) is 211 cm³/mol. The van der Waals surface area contributed by atoms with Crippen LogP contribution in [0.15, 0.2) is 84.9 Å². The summed E-state index contributed by atoms with van der Waals surface area (Å²) in [6, 6.07) is 31.8. The zero-order valence-corrected chi connectivity index (χ0v) is 30.4. The van der Waals surface area contributed by atoms with Gasteiger partial charge in [-0.25, -0.2) is 0 Å². The summed E-state index contributed by atoms with van der Waals surface area (Å²) >= 11 is 0. The zero-order chi connectivity index (χ0) is 33.8. The second-order valence-corrected chi connectivity index (χ2v) is 14.3. The third-order valence-electron chi connectivity index (χ3n) is 10.1. The lowest BCUT2D eigenvalue weighted by Gasteiger charge is -2.12. The summed E-state index contributed by atoms with van der Waals surface area (Å²) in [4.78, 5) is 0. The average Bonchev–Trinajstić information content (AvgIpc) is 3.09. The fraction of sp³-hybridized carbons (Fsp3) is 0.478. The first-order chi connectivity index (χ1) is 23.5. The van der Waals surface area contributed by atoms with Crippen molar-refractivity contribution in [1.82, 2.24) is 0 Å². The summed E-state index contributed by atoms with van der Waals surface area (Å²) in [6.07, 6.45) is 24.8. The Hall–Kier alpha value is -3.52. The van der Waals surface area contributed by atoms with Crippen LogP contribution >= 0.6 is 0 Å². The van der Waals surface area contributed by atoms with E-state index in [0.29, 0.717) is 0 Å². The van der Waals surface area contributed by atoms with Crippen molar-refractivity contribution in [3.05, 3.63) is 129 Å². The number of aryl methyl sites for hydroxylation is 4. The molecule has 258 valence electrons. The standard InChI is InChI=1S/C46H64N2/c1-3-5-7-9-15-19-41-35-45(47)31-29-43(41)33-39-25-21-37(22-26-39)17-13-11-12-14-18-38-23-27-40(28-24-38)34-44-30-32-46(48)36-42(44)20-16-10-8-6-4-2/h21-32,35-36H,3-20,33-34,47-48H2,1-2H3. The van der Waals surface area contributed by atoms with E-state index in [2.05, 4.69) is 98.8 Å². The molecule has 0 saturated heterocycles. The van der Waals surface area contributed by atoms with Gasteiger partial charge in [0.05, 0.1) is 0 Å². The van der Waals surface area contributed by atoms with Gasteiger partial charge in [0, 0.05) is 11.4 Å². The highest BCUT2D eigenvalue weighted by atomic mass is 14.5.